The molecule has 5 heteroatoms. The van der Waals surface area contributed by atoms with E-state index in [0.29, 0.717) is 0 Å². The van der Waals surface area contributed by atoms with Crippen LogP contribution in [0.2, 0.25) is 0 Å². The van der Waals surface area contributed by atoms with E-state index in [4.69, 9.17) is 0 Å². The van der Waals surface area contributed by atoms with Crippen LogP contribution in [0.3, 0.4) is 0 Å². The SMILES string of the molecule is COC[SiH2].Cl.Cl.[C-]1=CC=CC1.[CH2-]CC.[CH2-]CC.[Zr+3]. The van der Waals surface area contributed by atoms with Crippen LogP contribution in [0, 0.1) is 19.9 Å². The van der Waals surface area contributed by atoms with Gasteiger partial charge in [0.1, 0.15) is 0 Å². The fraction of sp³-hybridized carbons (Fsp3) is 0.538. The first-order valence-corrected chi connectivity index (χ1v) is 6.33. The van der Waals surface area contributed by atoms with Gasteiger partial charge in [-0.15, -0.1) is 31.2 Å². The number of hydrogen-bond acceptors (Lipinski definition) is 1. The molecule has 0 aromatic rings. The molecule has 1 rings (SSSR count). The number of rotatable bonds is 1. The van der Waals surface area contributed by atoms with Gasteiger partial charge in [0.2, 0.25) is 0 Å². The van der Waals surface area contributed by atoms with Crippen molar-refractivity contribution >= 4 is 35.1 Å². The second kappa shape index (κ2) is 51.9. The smallest absolute Gasteiger partial charge is 0.389 e. The van der Waals surface area contributed by atoms with E-state index in [1.807, 2.05) is 26.0 Å². The van der Waals surface area contributed by atoms with Crippen LogP contribution in [0.5, 0.6) is 0 Å². The summed E-state index contributed by atoms with van der Waals surface area (Å²) in [4.78, 5) is 0. The molecule has 18 heavy (non-hydrogen) atoms. The number of ether oxygens (including phenoxy) is 1. The summed E-state index contributed by atoms with van der Waals surface area (Å²) in [6.45, 7) is 11.0. The minimum atomic E-state index is 0. The number of halogens is 2. The molecule has 1 aliphatic rings. The Morgan fingerprint density at radius 3 is 1.61 bits per heavy atom. The maximum atomic E-state index is 4.55. The molecule has 1 nitrogen and oxygen atoms in total. The standard InChI is InChI=1S/C5H5.2C3H7.C2H7OSi.2ClH.Zr/c1-2-4-5-3-1;2*1-3-2;1-3-2-4;;;/h1-3H,4H2;2*1,3H2,2H3;2,4H2,1H3;2*1H;/q3*-1;;;;+3. The summed E-state index contributed by atoms with van der Waals surface area (Å²) in [5.74, 6) is 0. The Morgan fingerprint density at radius 1 is 1.22 bits per heavy atom. The van der Waals surface area contributed by atoms with Gasteiger partial charge in [0, 0.05) is 23.6 Å². The zero-order chi connectivity index (χ0) is 12.4. The molecule has 0 aromatic carbocycles. The van der Waals surface area contributed by atoms with Crippen molar-refractivity contribution in [1.29, 1.82) is 0 Å². The minimum absolute atomic E-state index is 0. The van der Waals surface area contributed by atoms with Crippen LogP contribution < -0.4 is 0 Å². The summed E-state index contributed by atoms with van der Waals surface area (Å²) in [7, 11) is 3.49. The van der Waals surface area contributed by atoms with Crippen molar-refractivity contribution in [3.63, 3.8) is 0 Å². The third-order valence-electron chi connectivity index (χ3n) is 0.790. The molecule has 0 spiro atoms. The third kappa shape index (κ3) is 87.8. The predicted octanol–water partition coefficient (Wildman–Crippen LogP) is 3.83. The van der Waals surface area contributed by atoms with Gasteiger partial charge >= 0.3 is 26.2 Å². The zero-order valence-electron chi connectivity index (χ0n) is 11.9. The Bertz CT molecular complexity index is 120. The molecule has 0 N–H and O–H groups in total. The Labute approximate surface area is 150 Å². The van der Waals surface area contributed by atoms with Crippen LogP contribution in [0.1, 0.15) is 33.1 Å². The molecule has 0 heterocycles. The van der Waals surface area contributed by atoms with Gasteiger partial charge in [-0.05, 0) is 0 Å². The van der Waals surface area contributed by atoms with Crippen molar-refractivity contribution < 1.29 is 30.9 Å². The van der Waals surface area contributed by atoms with Crippen LogP contribution in [0.25, 0.3) is 0 Å². The minimum Gasteiger partial charge on any atom is -0.389 e. The molecule has 0 atom stereocenters. The average molecular weight is 391 g/mol. The van der Waals surface area contributed by atoms with E-state index >= 15 is 0 Å². The summed E-state index contributed by atoms with van der Waals surface area (Å²) < 4.78 is 4.55. The van der Waals surface area contributed by atoms with Crippen LogP contribution in [0.15, 0.2) is 18.2 Å². The average Bonchev–Trinajstić information content (AvgIpc) is 2.78. The Hall–Kier alpha value is 1.12. The zero-order valence-corrected chi connectivity index (χ0v) is 17.4. The first kappa shape index (κ1) is 36.5. The first-order chi connectivity index (χ1) is 7.24. The van der Waals surface area contributed by atoms with Gasteiger partial charge < -0.3 is 18.6 Å². The van der Waals surface area contributed by atoms with Gasteiger partial charge in [-0.25, -0.2) is 12.2 Å². The van der Waals surface area contributed by atoms with E-state index in [2.05, 4.69) is 30.7 Å². The molecule has 0 aliphatic heterocycles. The summed E-state index contributed by atoms with van der Waals surface area (Å²) in [5, 5.41) is 0. The Morgan fingerprint density at radius 2 is 1.56 bits per heavy atom. The van der Waals surface area contributed by atoms with Gasteiger partial charge in [-0.3, -0.25) is 6.08 Å². The largest absolute Gasteiger partial charge is 3.00 e. The van der Waals surface area contributed by atoms with Crippen molar-refractivity contribution in [3.05, 3.63) is 38.2 Å². The van der Waals surface area contributed by atoms with E-state index in [9.17, 15) is 0 Å². The number of allylic oxidation sites excluding steroid dienone is 4. The van der Waals surface area contributed by atoms with E-state index in [-0.39, 0.29) is 51.0 Å². The quantitative estimate of drug-likeness (QED) is 0.488. The van der Waals surface area contributed by atoms with Crippen LogP contribution in [-0.4, -0.2) is 23.6 Å². The van der Waals surface area contributed by atoms with Crippen molar-refractivity contribution in [2.75, 3.05) is 13.3 Å². The summed E-state index contributed by atoms with van der Waals surface area (Å²) in [5.41, 5.74) is 0. The normalized spacial score (nSPS) is 8.56. The van der Waals surface area contributed by atoms with Crippen LogP contribution in [0.4, 0.5) is 0 Å². The van der Waals surface area contributed by atoms with E-state index in [0.717, 1.165) is 25.5 Å². The van der Waals surface area contributed by atoms with Gasteiger partial charge in [-0.1, -0.05) is 13.8 Å². The maximum Gasteiger partial charge on any atom is 3.00 e. The van der Waals surface area contributed by atoms with Crippen molar-refractivity contribution in [2.24, 2.45) is 0 Å². The Kier molecular flexibility index (Phi) is 105. The molecule has 0 aromatic heterocycles. The van der Waals surface area contributed by atoms with Gasteiger partial charge in [0.05, 0.1) is 0 Å². The molecule has 0 fully saturated rings. The molecule has 0 bridgehead atoms. The summed E-state index contributed by atoms with van der Waals surface area (Å²) in [6.07, 6.45) is 12.8. The van der Waals surface area contributed by atoms with E-state index in [1.54, 1.807) is 17.4 Å². The van der Waals surface area contributed by atoms with Crippen molar-refractivity contribution in [3.8, 4) is 0 Å². The molecule has 0 saturated heterocycles. The van der Waals surface area contributed by atoms with Crippen molar-refractivity contribution in [2.45, 2.75) is 33.1 Å². The molecule has 0 unspecified atom stereocenters. The summed E-state index contributed by atoms with van der Waals surface area (Å²) in [6, 6.07) is 0. The van der Waals surface area contributed by atoms with Crippen LogP contribution >= 0.6 is 24.8 Å². The number of methoxy groups -OCH3 is 1. The van der Waals surface area contributed by atoms with E-state index in [1.165, 1.54) is 0 Å². The molecule has 1 aliphatic carbocycles. The van der Waals surface area contributed by atoms with Gasteiger partial charge in [0.25, 0.3) is 0 Å². The fourth-order valence-corrected chi connectivity index (χ4v) is 0.340. The predicted molar refractivity (Wildman–Crippen MR) is 87.8 cm³/mol. The number of hydrogen-bond donors (Lipinski definition) is 0. The Balaban J connectivity index is -0.0000000260. The second-order valence-corrected chi connectivity index (χ2v) is 2.90. The van der Waals surface area contributed by atoms with Gasteiger partial charge in [-0.2, -0.15) is 18.9 Å². The summed E-state index contributed by atoms with van der Waals surface area (Å²) >= 11 is 0. The van der Waals surface area contributed by atoms with Gasteiger partial charge in [0.15, 0.2) is 0 Å². The molecule has 0 amide bonds. The second-order valence-electron chi connectivity index (χ2n) is 2.50. The maximum absolute atomic E-state index is 4.55. The van der Waals surface area contributed by atoms with Crippen molar-refractivity contribution in [1.82, 2.24) is 0 Å². The van der Waals surface area contributed by atoms with E-state index < -0.39 is 0 Å². The fourth-order valence-electron chi connectivity index (χ4n) is 0.340. The third-order valence-corrected chi connectivity index (χ3v) is 1.20. The molecule has 108 valence electrons. The molecule has 0 saturated carbocycles. The first-order valence-electron chi connectivity index (χ1n) is 5.33. The molecule has 2 radical (unpaired) electrons. The van der Waals surface area contributed by atoms with Crippen LogP contribution in [-0.2, 0) is 30.9 Å². The molecular weight excluding hydrogens is 362 g/mol. The monoisotopic (exact) mass is 388 g/mol. The molecular formula is C13H28Cl2OSiZr. The topological polar surface area (TPSA) is 9.23 Å².